The van der Waals surface area contributed by atoms with Crippen LogP contribution in [0.1, 0.15) is 20.1 Å². The predicted octanol–water partition coefficient (Wildman–Crippen LogP) is -1.24. The average Bonchev–Trinajstić information content (AvgIpc) is 2.12. The average molecular weight is 208 g/mol. The predicted molar refractivity (Wildman–Crippen MR) is 48.1 cm³/mol. The Morgan fingerprint density at radius 1 is 1.57 bits per heavy atom. The maximum absolute atomic E-state index is 11.3. The molecule has 0 aliphatic carbocycles. The lowest BCUT2D eigenvalue weighted by Gasteiger charge is -2.28. The van der Waals surface area contributed by atoms with Gasteiger partial charge in [0.25, 0.3) is 0 Å². The summed E-state index contributed by atoms with van der Waals surface area (Å²) in [6.07, 6.45) is -2.69. The van der Waals surface area contributed by atoms with Gasteiger partial charge < -0.3 is 19.1 Å². The zero-order chi connectivity index (χ0) is 15.6. The molecule has 0 fully saturated rings. The van der Waals surface area contributed by atoms with Crippen LogP contribution in [0.2, 0.25) is 0 Å². The molecule has 5 heteroatoms. The van der Waals surface area contributed by atoms with E-state index in [1.165, 1.54) is 21.1 Å². The van der Waals surface area contributed by atoms with Crippen molar-refractivity contribution in [2.45, 2.75) is 19.4 Å². The molecule has 0 N–H and O–H groups in total. The van der Waals surface area contributed by atoms with Gasteiger partial charge in [-0.2, -0.15) is 0 Å². The lowest BCUT2D eigenvalue weighted by atomic mass is 10.2. The maximum atomic E-state index is 11.3. The molecular formula is C9H17NO4. The minimum atomic E-state index is -3.08. The fourth-order valence-electron chi connectivity index (χ4n) is 0.826. The Bertz CT molecular complexity index is 361. The summed E-state index contributed by atoms with van der Waals surface area (Å²) in [5, 5.41) is 10.6. The third-order valence-electron chi connectivity index (χ3n) is 1.13. The number of nitrogens with zero attached hydrogens (tertiary/aromatic N) is 1. The van der Waals surface area contributed by atoms with Crippen molar-refractivity contribution in [1.82, 2.24) is 0 Å². The fourth-order valence-corrected chi connectivity index (χ4v) is 0.826. The lowest BCUT2D eigenvalue weighted by molar-refractivity contribution is -0.873. The highest BCUT2D eigenvalue weighted by atomic mass is 16.5. The first-order chi connectivity index (χ1) is 8.19. The van der Waals surface area contributed by atoms with Gasteiger partial charge in [0.1, 0.15) is 6.50 Å². The van der Waals surface area contributed by atoms with Gasteiger partial charge in [0.2, 0.25) is 0 Å². The Balaban J connectivity index is 5.25. The summed E-state index contributed by atoms with van der Waals surface area (Å²) in [6.45, 7) is -5.37. The first-order valence-corrected chi connectivity index (χ1v) is 3.92. The van der Waals surface area contributed by atoms with Crippen LogP contribution in [0.15, 0.2) is 0 Å². The quantitative estimate of drug-likeness (QED) is 0.419. The molecule has 0 radical (unpaired) electrons. The number of carbonyl (C=O) groups excluding carboxylic acids is 2. The van der Waals surface area contributed by atoms with Gasteiger partial charge in [-0.15, -0.1) is 0 Å². The molecule has 0 spiro atoms. The van der Waals surface area contributed by atoms with Crippen molar-refractivity contribution in [1.29, 1.82) is 0 Å². The van der Waals surface area contributed by atoms with Crippen molar-refractivity contribution in [3.8, 4) is 0 Å². The molecule has 0 aromatic heterocycles. The van der Waals surface area contributed by atoms with E-state index >= 15 is 0 Å². The van der Waals surface area contributed by atoms with Crippen molar-refractivity contribution in [2.24, 2.45) is 0 Å². The number of carbonyl (C=O) groups is 2. The van der Waals surface area contributed by atoms with E-state index < -0.39 is 37.8 Å². The van der Waals surface area contributed by atoms with Gasteiger partial charge in [0, 0.05) is 23.4 Å². The minimum absolute atomic E-state index is 0.376. The summed E-state index contributed by atoms with van der Waals surface area (Å²) >= 11 is 0. The van der Waals surface area contributed by atoms with Gasteiger partial charge in [0.05, 0.1) is 23.9 Å². The molecule has 0 aliphatic heterocycles. The number of carboxylic acids is 1. The monoisotopic (exact) mass is 208 g/mol. The van der Waals surface area contributed by atoms with Crippen molar-refractivity contribution in [3.63, 3.8) is 0 Å². The summed E-state index contributed by atoms with van der Waals surface area (Å²) in [5.41, 5.74) is 0. The van der Waals surface area contributed by atoms with E-state index in [0.29, 0.717) is 0 Å². The van der Waals surface area contributed by atoms with Crippen molar-refractivity contribution in [2.75, 3.05) is 27.6 Å². The number of esters is 1. The Kier molecular flexibility index (Phi) is 2.26. The van der Waals surface area contributed by atoms with Crippen LogP contribution in [0.5, 0.6) is 0 Å². The second-order valence-corrected chi connectivity index (χ2v) is 3.61. The summed E-state index contributed by atoms with van der Waals surface area (Å²) in [4.78, 5) is 21.9. The van der Waals surface area contributed by atoms with Crippen molar-refractivity contribution in [3.05, 3.63) is 0 Å². The van der Waals surface area contributed by atoms with E-state index in [2.05, 4.69) is 4.74 Å². The van der Waals surface area contributed by atoms with E-state index in [-0.39, 0.29) is 4.48 Å². The molecule has 0 heterocycles. The molecule has 0 aliphatic rings. The molecule has 0 rings (SSSR count). The van der Waals surface area contributed by atoms with Crippen LogP contribution in [0.4, 0.5) is 0 Å². The molecular weight excluding hydrogens is 186 g/mol. The molecule has 0 unspecified atom stereocenters. The van der Waals surface area contributed by atoms with Gasteiger partial charge in [-0.3, -0.25) is 4.79 Å². The number of likely N-dealkylation sites (N-methyl/N-ethyl adjacent to an activating group) is 1. The SMILES string of the molecule is [2H]C([2H])([2H])C(=O)O[C@H](CC(=O)[O-])C([2H])([2H])[N+](C)(C)C. The zero-order valence-electron chi connectivity index (χ0n) is 13.4. The van der Waals surface area contributed by atoms with Crippen LogP contribution in [-0.2, 0) is 14.3 Å². The molecule has 0 saturated carbocycles. The summed E-state index contributed by atoms with van der Waals surface area (Å²) in [5.74, 6) is -3.28. The van der Waals surface area contributed by atoms with Crippen LogP contribution in [-0.4, -0.2) is 50.2 Å². The second-order valence-electron chi connectivity index (χ2n) is 3.61. The molecule has 0 bridgehead atoms. The third-order valence-corrected chi connectivity index (χ3v) is 1.13. The Morgan fingerprint density at radius 3 is 2.50 bits per heavy atom. The Labute approximate surface area is 90.9 Å². The Morgan fingerprint density at radius 2 is 2.14 bits per heavy atom. The topological polar surface area (TPSA) is 66.4 Å². The van der Waals surface area contributed by atoms with E-state index in [9.17, 15) is 14.7 Å². The van der Waals surface area contributed by atoms with Crippen molar-refractivity contribution < 1.29 is 30.8 Å². The highest BCUT2D eigenvalue weighted by molar-refractivity contribution is 5.68. The number of rotatable bonds is 5. The van der Waals surface area contributed by atoms with Crippen LogP contribution in [0, 0.1) is 0 Å². The van der Waals surface area contributed by atoms with Crippen molar-refractivity contribution >= 4 is 11.9 Å². The number of hydrogen-bond acceptors (Lipinski definition) is 4. The summed E-state index contributed by atoms with van der Waals surface area (Å²) in [6, 6.07) is 0. The third kappa shape index (κ3) is 7.54. The second kappa shape index (κ2) is 4.95. The van der Waals surface area contributed by atoms with Gasteiger partial charge in [-0.1, -0.05) is 0 Å². The first kappa shape index (κ1) is 6.40. The van der Waals surface area contributed by atoms with Crippen LogP contribution in [0.25, 0.3) is 0 Å². The molecule has 5 nitrogen and oxygen atoms in total. The smallest absolute Gasteiger partial charge is 0.303 e. The maximum Gasteiger partial charge on any atom is 0.303 e. The molecule has 1 atom stereocenters. The first-order valence-electron chi connectivity index (χ1n) is 6.42. The van der Waals surface area contributed by atoms with Crippen LogP contribution in [0.3, 0.4) is 0 Å². The van der Waals surface area contributed by atoms with E-state index in [4.69, 9.17) is 6.85 Å². The number of hydrogen-bond donors (Lipinski definition) is 0. The molecule has 82 valence electrons. The number of carboxylic acid groups (broad SMARTS) is 1. The summed E-state index contributed by atoms with van der Waals surface area (Å²) in [7, 11) is 4.27. The standard InChI is InChI=1S/C9H17NO4/c1-7(11)14-8(5-9(12)13)6-10(2,3)4/h8H,5-6H2,1-4H3/t8-/m1/s1/i1D3,6D2. The number of aliphatic carboxylic acids is 1. The molecule has 14 heavy (non-hydrogen) atoms. The Hall–Kier alpha value is -1.10. The molecule has 0 amide bonds. The largest absolute Gasteiger partial charge is 0.550 e. The normalized spacial score (nSPS) is 20.6. The number of ether oxygens (including phenoxy) is 1. The fraction of sp³-hybridized carbons (Fsp3) is 0.778. The lowest BCUT2D eigenvalue weighted by Crippen LogP contribution is -2.45. The molecule has 0 aromatic rings. The molecule has 0 saturated heterocycles. The van der Waals surface area contributed by atoms with Gasteiger partial charge in [-0.05, 0) is 0 Å². The van der Waals surface area contributed by atoms with Crippen LogP contribution >= 0.6 is 0 Å². The van der Waals surface area contributed by atoms with E-state index in [1.54, 1.807) is 0 Å². The van der Waals surface area contributed by atoms with E-state index in [1.807, 2.05) is 0 Å². The minimum Gasteiger partial charge on any atom is -0.550 e. The van der Waals surface area contributed by atoms with Crippen LogP contribution < -0.4 is 5.11 Å². The number of quaternary nitrogens is 1. The zero-order valence-corrected chi connectivity index (χ0v) is 8.36. The summed E-state index contributed by atoms with van der Waals surface area (Å²) < 4.78 is 40.3. The highest BCUT2D eigenvalue weighted by Crippen LogP contribution is 2.04. The van der Waals surface area contributed by atoms with Gasteiger partial charge in [0.15, 0.2) is 6.10 Å². The van der Waals surface area contributed by atoms with Gasteiger partial charge >= 0.3 is 5.97 Å². The van der Waals surface area contributed by atoms with Gasteiger partial charge in [-0.25, -0.2) is 0 Å². The van der Waals surface area contributed by atoms with E-state index in [0.717, 1.165) is 0 Å². The molecule has 0 aromatic carbocycles. The highest BCUT2D eigenvalue weighted by Gasteiger charge is 2.20.